The Bertz CT molecular complexity index is 634. The summed E-state index contributed by atoms with van der Waals surface area (Å²) >= 11 is 0. The van der Waals surface area contributed by atoms with Crippen LogP contribution in [0.4, 0.5) is 0 Å². The van der Waals surface area contributed by atoms with Crippen LogP contribution in [0.2, 0.25) is 0 Å². The average Bonchev–Trinajstić information content (AvgIpc) is 3.04. The number of hydrogen-bond donors (Lipinski definition) is 1. The van der Waals surface area contributed by atoms with E-state index in [0.717, 1.165) is 6.21 Å². The van der Waals surface area contributed by atoms with E-state index in [-0.39, 0.29) is 5.71 Å². The quantitative estimate of drug-likeness (QED) is 0.541. The molecule has 10 nitrogen and oxygen atoms in total. The lowest BCUT2D eigenvalue weighted by Crippen LogP contribution is -2.37. The Morgan fingerprint density at radius 1 is 1.45 bits per heavy atom. The Hall–Kier alpha value is -2.91. The molecule has 0 spiro atoms. The second-order valence-corrected chi connectivity index (χ2v) is 4.26. The van der Waals surface area contributed by atoms with Crippen LogP contribution in [0.3, 0.4) is 0 Å². The second kappa shape index (κ2) is 4.33. The molecule has 3 heterocycles. The van der Waals surface area contributed by atoms with Crippen LogP contribution in [0.1, 0.15) is 0 Å². The van der Waals surface area contributed by atoms with E-state index in [9.17, 15) is 14.9 Å². The number of aliphatic carboxylic acids is 1. The van der Waals surface area contributed by atoms with E-state index in [2.05, 4.69) is 20.3 Å². The molecule has 0 aromatic heterocycles. The van der Waals surface area contributed by atoms with Gasteiger partial charge in [0, 0.05) is 29.1 Å². The third-order valence-electron chi connectivity index (χ3n) is 3.05. The molecular formula is C10H8N6O4. The summed E-state index contributed by atoms with van der Waals surface area (Å²) in [5.74, 6) is -1.86. The van der Waals surface area contributed by atoms with Crippen molar-refractivity contribution in [1.82, 2.24) is 5.01 Å². The Labute approximate surface area is 111 Å². The van der Waals surface area contributed by atoms with Gasteiger partial charge in [0.15, 0.2) is 11.9 Å². The third kappa shape index (κ3) is 1.77. The molecule has 0 aliphatic carbocycles. The molecule has 102 valence electrons. The lowest BCUT2D eigenvalue weighted by molar-refractivity contribution is -0.482. The van der Waals surface area contributed by atoms with E-state index >= 15 is 0 Å². The Morgan fingerprint density at radius 2 is 2.25 bits per heavy atom. The van der Waals surface area contributed by atoms with Crippen molar-refractivity contribution < 1.29 is 14.8 Å². The van der Waals surface area contributed by atoms with Gasteiger partial charge in [0.25, 0.3) is 6.04 Å². The number of aliphatic imine (C=N–C) groups is 1. The maximum absolute atomic E-state index is 11.0. The minimum Gasteiger partial charge on any atom is -0.481 e. The van der Waals surface area contributed by atoms with Gasteiger partial charge in [0.2, 0.25) is 0 Å². The van der Waals surface area contributed by atoms with Crippen LogP contribution in [0.25, 0.3) is 0 Å². The number of hydrogen-bond acceptors (Lipinski definition) is 8. The van der Waals surface area contributed by atoms with Crippen molar-refractivity contribution in [3.8, 4) is 0 Å². The van der Waals surface area contributed by atoms with Gasteiger partial charge in [-0.3, -0.25) is 19.9 Å². The maximum Gasteiger partial charge on any atom is 0.316 e. The summed E-state index contributed by atoms with van der Waals surface area (Å²) in [6.07, 6.45) is 4.61. The monoisotopic (exact) mass is 276 g/mol. The first kappa shape index (κ1) is 12.1. The van der Waals surface area contributed by atoms with Crippen LogP contribution >= 0.6 is 0 Å². The number of fused-ring (bicyclic) bond motifs is 1. The highest BCUT2D eigenvalue weighted by Gasteiger charge is 2.39. The average molecular weight is 276 g/mol. The van der Waals surface area contributed by atoms with Crippen LogP contribution in [0.15, 0.2) is 32.1 Å². The first-order valence-corrected chi connectivity index (χ1v) is 5.63. The Morgan fingerprint density at radius 3 is 2.95 bits per heavy atom. The molecule has 10 heteroatoms. The first-order valence-electron chi connectivity index (χ1n) is 5.63. The summed E-state index contributed by atoms with van der Waals surface area (Å²) in [7, 11) is 0. The number of hydrazone groups is 1. The lowest BCUT2D eigenvalue weighted by Gasteiger charge is -2.23. The minimum absolute atomic E-state index is 0.158. The van der Waals surface area contributed by atoms with Gasteiger partial charge in [-0.15, -0.1) is 5.10 Å². The number of nitrogens with zero attached hydrogens (tertiary/aromatic N) is 6. The predicted octanol–water partition coefficient (Wildman–Crippen LogP) is -0.631. The van der Waals surface area contributed by atoms with E-state index in [1.54, 1.807) is 0 Å². The molecule has 3 aliphatic heterocycles. The van der Waals surface area contributed by atoms with Gasteiger partial charge in [-0.2, -0.15) is 10.2 Å². The van der Waals surface area contributed by atoms with Crippen LogP contribution < -0.4 is 0 Å². The summed E-state index contributed by atoms with van der Waals surface area (Å²) < 4.78 is 0. The molecule has 0 unspecified atom stereocenters. The Balaban J connectivity index is 1.85. The molecule has 20 heavy (non-hydrogen) atoms. The highest BCUT2D eigenvalue weighted by Crippen LogP contribution is 2.24. The van der Waals surface area contributed by atoms with Crippen molar-refractivity contribution in [2.24, 2.45) is 26.2 Å². The fourth-order valence-electron chi connectivity index (χ4n) is 2.06. The van der Waals surface area contributed by atoms with E-state index in [0.29, 0.717) is 5.57 Å². The molecule has 3 aliphatic rings. The van der Waals surface area contributed by atoms with Gasteiger partial charge in [0.05, 0.1) is 0 Å². The molecule has 1 N–H and O–H groups in total. The van der Waals surface area contributed by atoms with Gasteiger partial charge in [-0.1, -0.05) is 0 Å². The normalized spacial score (nSPS) is 30.2. The Kier molecular flexibility index (Phi) is 2.63. The fraction of sp³-hybridized carbons (Fsp3) is 0.300. The van der Waals surface area contributed by atoms with Crippen molar-refractivity contribution in [1.29, 1.82) is 0 Å². The number of carboxylic acid groups (broad SMARTS) is 1. The lowest BCUT2D eigenvalue weighted by atomic mass is 10.0. The number of carboxylic acids is 1. The van der Waals surface area contributed by atoms with Gasteiger partial charge >= 0.3 is 5.97 Å². The largest absolute Gasteiger partial charge is 0.481 e. The summed E-state index contributed by atoms with van der Waals surface area (Å²) in [5.41, 5.74) is 0.551. The fourth-order valence-corrected chi connectivity index (χ4v) is 2.06. The predicted molar refractivity (Wildman–Crippen MR) is 68.5 cm³/mol. The summed E-state index contributed by atoms with van der Waals surface area (Å²) in [6.45, 7) is 0. The zero-order valence-corrected chi connectivity index (χ0v) is 9.90. The third-order valence-corrected chi connectivity index (χ3v) is 3.05. The summed E-state index contributed by atoms with van der Waals surface area (Å²) in [6, 6.07) is -1.12. The second-order valence-electron chi connectivity index (χ2n) is 4.26. The van der Waals surface area contributed by atoms with Crippen molar-refractivity contribution in [2.75, 3.05) is 0 Å². The topological polar surface area (TPSA) is 133 Å². The van der Waals surface area contributed by atoms with Gasteiger partial charge in [0.1, 0.15) is 12.1 Å². The van der Waals surface area contributed by atoms with Crippen molar-refractivity contribution in [3.05, 3.63) is 21.9 Å². The molecule has 0 radical (unpaired) electrons. The molecule has 3 rings (SSSR count). The van der Waals surface area contributed by atoms with Crippen LogP contribution in [0, 0.1) is 16.0 Å². The van der Waals surface area contributed by atoms with E-state index in [4.69, 9.17) is 5.11 Å². The SMILES string of the molecule is O=C(O)[C@@H]1C=NN2C=C(C3=NN=C[C@H]3[N+](=O)[O-])C=N[C@@H]12. The molecule has 0 aromatic carbocycles. The number of carbonyl (C=O) groups is 1. The smallest absolute Gasteiger partial charge is 0.316 e. The molecule has 0 saturated heterocycles. The first-order chi connectivity index (χ1) is 9.58. The zero-order valence-electron chi connectivity index (χ0n) is 9.90. The van der Waals surface area contributed by atoms with Crippen LogP contribution in [-0.2, 0) is 4.79 Å². The van der Waals surface area contributed by atoms with E-state index in [1.165, 1.54) is 23.6 Å². The molecule has 3 atom stereocenters. The van der Waals surface area contributed by atoms with Gasteiger partial charge in [-0.05, 0) is 0 Å². The molecule has 0 amide bonds. The number of rotatable bonds is 3. The highest BCUT2D eigenvalue weighted by molar-refractivity contribution is 6.24. The van der Waals surface area contributed by atoms with Crippen molar-refractivity contribution in [2.45, 2.75) is 12.2 Å². The minimum atomic E-state index is -1.12. The van der Waals surface area contributed by atoms with Crippen molar-refractivity contribution >= 4 is 30.3 Å². The molecule has 0 aromatic rings. The van der Waals surface area contributed by atoms with Gasteiger partial charge in [-0.25, -0.2) is 5.01 Å². The van der Waals surface area contributed by atoms with Crippen LogP contribution in [0.5, 0.6) is 0 Å². The molecule has 0 saturated carbocycles. The zero-order chi connectivity index (χ0) is 14.3. The summed E-state index contributed by atoms with van der Waals surface area (Å²) in [5, 5.41) is 32.4. The van der Waals surface area contributed by atoms with E-state index < -0.39 is 29.0 Å². The molecular weight excluding hydrogens is 268 g/mol. The van der Waals surface area contributed by atoms with E-state index in [1.807, 2.05) is 0 Å². The van der Waals surface area contributed by atoms with Crippen molar-refractivity contribution in [3.63, 3.8) is 0 Å². The highest BCUT2D eigenvalue weighted by atomic mass is 16.6. The maximum atomic E-state index is 11.0. The van der Waals surface area contributed by atoms with Gasteiger partial charge < -0.3 is 5.11 Å². The standard InChI is InChI=1S/C10H8N6O4/c17-10(18)6-2-13-15-4-5(1-11-9(6)15)8-7(16(19)20)3-12-14-8/h1-4,6-7,9H,(H,17,18)/t6-,7-,9-/m1/s1. The molecule has 0 bridgehead atoms. The molecule has 0 fully saturated rings. The summed E-state index contributed by atoms with van der Waals surface area (Å²) in [4.78, 5) is 25.4. The number of nitro groups is 1. The van der Waals surface area contributed by atoms with Crippen LogP contribution in [-0.4, -0.2) is 57.6 Å².